The van der Waals surface area contributed by atoms with Crippen molar-refractivity contribution in [3.8, 4) is 11.4 Å². The molecule has 1 aromatic heterocycles. The predicted octanol–water partition coefficient (Wildman–Crippen LogP) is 4.24. The minimum Gasteiger partial charge on any atom is -0.347 e. The van der Waals surface area contributed by atoms with Crippen molar-refractivity contribution in [2.45, 2.75) is 32.0 Å². The van der Waals surface area contributed by atoms with Crippen molar-refractivity contribution in [1.29, 1.82) is 0 Å². The van der Waals surface area contributed by atoms with Gasteiger partial charge >= 0.3 is 6.18 Å². The molecule has 0 aliphatic carbocycles. The van der Waals surface area contributed by atoms with Gasteiger partial charge in [-0.15, -0.1) is 10.2 Å². The lowest BCUT2D eigenvalue weighted by Gasteiger charge is -2.23. The van der Waals surface area contributed by atoms with Crippen LogP contribution < -0.4 is 4.90 Å². The number of fused-ring (bicyclic) bond motifs is 1. The number of halogens is 3. The van der Waals surface area contributed by atoms with E-state index < -0.39 is 11.7 Å². The van der Waals surface area contributed by atoms with E-state index >= 15 is 0 Å². The molecular weight excluding hydrogens is 407 g/mol. The van der Waals surface area contributed by atoms with Gasteiger partial charge in [0.2, 0.25) is 5.82 Å². The van der Waals surface area contributed by atoms with Crippen LogP contribution in [0.5, 0.6) is 0 Å². The summed E-state index contributed by atoms with van der Waals surface area (Å²) in [7, 11) is 1.91. The van der Waals surface area contributed by atoms with Crippen molar-refractivity contribution in [3.63, 3.8) is 0 Å². The Hall–Kier alpha value is -3.49. The Kier molecular flexibility index (Phi) is 4.91. The first-order valence-corrected chi connectivity index (χ1v) is 9.61. The molecule has 2 heterocycles. The van der Waals surface area contributed by atoms with Crippen molar-refractivity contribution in [2.24, 2.45) is 0 Å². The highest BCUT2D eigenvalue weighted by atomic mass is 19.4. The van der Waals surface area contributed by atoms with Crippen LogP contribution in [0.1, 0.15) is 25.0 Å². The molecule has 31 heavy (non-hydrogen) atoms. The first-order chi connectivity index (χ1) is 14.6. The Balaban J connectivity index is 1.54. The SMILES string of the molecule is CN1C(=CC(=O)Cn2nnc(-c3cccc(C(F)(F)F)c3)n2)C(C)(C)c2ccccc21. The molecular formula is C22H20F3N5O. The Morgan fingerprint density at radius 2 is 1.87 bits per heavy atom. The van der Waals surface area contributed by atoms with E-state index in [9.17, 15) is 18.0 Å². The van der Waals surface area contributed by atoms with Crippen molar-refractivity contribution >= 4 is 11.5 Å². The van der Waals surface area contributed by atoms with E-state index in [0.29, 0.717) is 0 Å². The van der Waals surface area contributed by atoms with E-state index in [0.717, 1.165) is 33.9 Å². The van der Waals surface area contributed by atoms with Crippen molar-refractivity contribution in [1.82, 2.24) is 20.2 Å². The molecule has 0 amide bonds. The van der Waals surface area contributed by atoms with Crippen molar-refractivity contribution < 1.29 is 18.0 Å². The number of hydrogen-bond donors (Lipinski definition) is 0. The summed E-state index contributed by atoms with van der Waals surface area (Å²) in [6, 6.07) is 12.6. The van der Waals surface area contributed by atoms with Crippen LogP contribution in [0.3, 0.4) is 0 Å². The molecule has 0 radical (unpaired) electrons. The standard InChI is InChI=1S/C22H20F3N5O/c1-21(2)17-9-4-5-10-18(17)29(3)19(21)12-16(31)13-30-27-20(26-28-30)14-7-6-8-15(11-14)22(23,24)25/h4-12H,13H2,1-3H3. The molecule has 0 unspecified atom stereocenters. The highest BCUT2D eigenvalue weighted by Gasteiger charge is 2.38. The van der Waals surface area contributed by atoms with Gasteiger partial charge in [0.25, 0.3) is 0 Å². The van der Waals surface area contributed by atoms with Gasteiger partial charge in [0.15, 0.2) is 5.78 Å². The zero-order valence-corrected chi connectivity index (χ0v) is 17.2. The molecule has 0 saturated carbocycles. The van der Waals surface area contributed by atoms with E-state index in [-0.39, 0.29) is 29.1 Å². The summed E-state index contributed by atoms with van der Waals surface area (Å²) in [6.07, 6.45) is -2.90. The average Bonchev–Trinajstić information content (AvgIpc) is 3.25. The smallest absolute Gasteiger partial charge is 0.347 e. The highest BCUT2D eigenvalue weighted by molar-refractivity contribution is 5.92. The maximum atomic E-state index is 12.9. The van der Waals surface area contributed by atoms with Gasteiger partial charge in [0.1, 0.15) is 6.54 Å². The second kappa shape index (κ2) is 7.33. The third-order valence-electron chi connectivity index (χ3n) is 5.44. The molecule has 6 nitrogen and oxygen atoms in total. The fraction of sp³-hybridized carbons (Fsp3) is 0.273. The molecule has 1 aliphatic heterocycles. The monoisotopic (exact) mass is 427 g/mol. The van der Waals surface area contributed by atoms with Gasteiger partial charge < -0.3 is 4.90 Å². The normalized spacial score (nSPS) is 16.6. The molecule has 0 spiro atoms. The summed E-state index contributed by atoms with van der Waals surface area (Å²) < 4.78 is 38.8. The topological polar surface area (TPSA) is 63.9 Å². The molecule has 0 N–H and O–H groups in total. The number of ketones is 1. The minimum atomic E-state index is -4.47. The van der Waals surface area contributed by atoms with Crippen LogP contribution in [-0.2, 0) is 22.9 Å². The number of alkyl halides is 3. The molecule has 9 heteroatoms. The largest absolute Gasteiger partial charge is 0.416 e. The zero-order valence-electron chi connectivity index (χ0n) is 17.2. The Morgan fingerprint density at radius 1 is 1.13 bits per heavy atom. The lowest BCUT2D eigenvalue weighted by atomic mass is 9.83. The molecule has 0 saturated heterocycles. The summed E-state index contributed by atoms with van der Waals surface area (Å²) in [5, 5.41) is 11.7. The minimum absolute atomic E-state index is 0.0253. The number of hydrogen-bond acceptors (Lipinski definition) is 5. The number of rotatable bonds is 4. The predicted molar refractivity (Wildman–Crippen MR) is 109 cm³/mol. The lowest BCUT2D eigenvalue weighted by Crippen LogP contribution is -2.25. The highest BCUT2D eigenvalue weighted by Crippen LogP contribution is 2.46. The number of nitrogens with zero attached hydrogens (tertiary/aromatic N) is 5. The summed E-state index contributed by atoms with van der Waals surface area (Å²) in [4.78, 5) is 15.8. The van der Waals surface area contributed by atoms with Crippen LogP contribution in [0.4, 0.5) is 18.9 Å². The number of allylic oxidation sites excluding steroid dienone is 2. The number of carbonyl (C=O) groups excluding carboxylic acids is 1. The first kappa shape index (κ1) is 20.8. The van der Waals surface area contributed by atoms with E-state index in [1.807, 2.05) is 50.1 Å². The Labute approximate surface area is 177 Å². The summed E-state index contributed by atoms with van der Waals surface area (Å²) in [6.45, 7) is 3.93. The van der Waals surface area contributed by atoms with E-state index in [4.69, 9.17) is 0 Å². The summed E-state index contributed by atoms with van der Waals surface area (Å²) >= 11 is 0. The number of likely N-dealkylation sites (N-methyl/N-ethyl adjacent to an activating group) is 1. The molecule has 0 fully saturated rings. The fourth-order valence-electron chi connectivity index (χ4n) is 3.86. The number of para-hydroxylation sites is 1. The van der Waals surface area contributed by atoms with Gasteiger partial charge in [-0.05, 0) is 29.0 Å². The van der Waals surface area contributed by atoms with Crippen LogP contribution in [0.15, 0.2) is 60.3 Å². The molecule has 1 aliphatic rings. The second-order valence-corrected chi connectivity index (χ2v) is 7.92. The lowest BCUT2D eigenvalue weighted by molar-refractivity contribution is -0.137. The van der Waals surface area contributed by atoms with E-state index in [2.05, 4.69) is 15.4 Å². The van der Waals surface area contributed by atoms with Gasteiger partial charge in [-0.3, -0.25) is 4.79 Å². The van der Waals surface area contributed by atoms with Crippen molar-refractivity contribution in [3.05, 3.63) is 71.4 Å². The average molecular weight is 427 g/mol. The van der Waals surface area contributed by atoms with Crippen LogP contribution >= 0.6 is 0 Å². The third-order valence-corrected chi connectivity index (χ3v) is 5.44. The molecule has 0 atom stereocenters. The van der Waals surface area contributed by atoms with E-state index in [1.54, 1.807) is 6.08 Å². The number of tetrazole rings is 1. The van der Waals surface area contributed by atoms with Crippen molar-refractivity contribution in [2.75, 3.05) is 11.9 Å². The summed E-state index contributed by atoms with van der Waals surface area (Å²) in [5.74, 6) is -0.215. The molecule has 2 aromatic carbocycles. The second-order valence-electron chi connectivity index (χ2n) is 7.92. The van der Waals surface area contributed by atoms with Gasteiger partial charge in [0.05, 0.1) is 5.56 Å². The Bertz CT molecular complexity index is 1180. The van der Waals surface area contributed by atoms with E-state index in [1.165, 1.54) is 12.1 Å². The zero-order chi connectivity index (χ0) is 22.4. The van der Waals surface area contributed by atoms with Crippen LogP contribution in [0.25, 0.3) is 11.4 Å². The first-order valence-electron chi connectivity index (χ1n) is 9.61. The van der Waals surface area contributed by atoms with Gasteiger partial charge in [-0.25, -0.2) is 0 Å². The van der Waals surface area contributed by atoms with Crippen LogP contribution in [0.2, 0.25) is 0 Å². The molecule has 4 rings (SSSR count). The van der Waals surface area contributed by atoms with Gasteiger partial charge in [-0.1, -0.05) is 44.2 Å². The molecule has 160 valence electrons. The van der Waals surface area contributed by atoms with Crippen LogP contribution in [0, 0.1) is 0 Å². The molecule has 0 bridgehead atoms. The molecule has 3 aromatic rings. The third kappa shape index (κ3) is 3.83. The van der Waals surface area contributed by atoms with Crippen LogP contribution in [-0.4, -0.2) is 33.0 Å². The quantitative estimate of drug-likeness (QED) is 0.583. The number of anilines is 1. The number of aromatic nitrogens is 4. The Morgan fingerprint density at radius 3 is 2.58 bits per heavy atom. The number of carbonyl (C=O) groups is 1. The maximum absolute atomic E-state index is 12.9. The maximum Gasteiger partial charge on any atom is 0.416 e. The van der Waals surface area contributed by atoms with Gasteiger partial charge in [-0.2, -0.15) is 18.0 Å². The number of benzene rings is 2. The van der Waals surface area contributed by atoms with Gasteiger partial charge in [0, 0.05) is 35.5 Å². The fourth-order valence-corrected chi connectivity index (χ4v) is 3.86. The summed E-state index contributed by atoms with van der Waals surface area (Å²) in [5.41, 5.74) is 2.05.